The predicted octanol–water partition coefficient (Wildman–Crippen LogP) is 1.84. The molecule has 0 aromatic heterocycles. The van der Waals surface area contributed by atoms with Gasteiger partial charge in [-0.1, -0.05) is 25.1 Å². The second-order valence-electron chi connectivity index (χ2n) is 5.00. The van der Waals surface area contributed by atoms with Crippen molar-refractivity contribution in [3.8, 4) is 0 Å². The molecule has 1 unspecified atom stereocenters. The SMILES string of the molecule is NC(=S)C1CCCN1C(=O)CC1CCCC1. The van der Waals surface area contributed by atoms with Gasteiger partial charge in [-0.2, -0.15) is 0 Å². The molecule has 3 nitrogen and oxygen atoms in total. The lowest BCUT2D eigenvalue weighted by atomic mass is 10.0. The van der Waals surface area contributed by atoms with Crippen LogP contribution in [0.25, 0.3) is 0 Å². The topological polar surface area (TPSA) is 46.3 Å². The van der Waals surface area contributed by atoms with Gasteiger partial charge in [-0.3, -0.25) is 4.79 Å². The van der Waals surface area contributed by atoms with Gasteiger partial charge in [0.15, 0.2) is 0 Å². The molecule has 0 radical (unpaired) electrons. The van der Waals surface area contributed by atoms with Gasteiger partial charge in [-0.25, -0.2) is 0 Å². The van der Waals surface area contributed by atoms with E-state index < -0.39 is 0 Å². The van der Waals surface area contributed by atoms with Crippen molar-refractivity contribution < 1.29 is 4.79 Å². The van der Waals surface area contributed by atoms with Crippen molar-refractivity contribution in [2.45, 2.75) is 51.0 Å². The number of rotatable bonds is 3. The van der Waals surface area contributed by atoms with Crippen molar-refractivity contribution in [1.82, 2.24) is 4.90 Å². The molecular formula is C12H20N2OS. The maximum absolute atomic E-state index is 12.1. The van der Waals surface area contributed by atoms with Crippen LogP contribution in [0.5, 0.6) is 0 Å². The summed E-state index contributed by atoms with van der Waals surface area (Å²) in [5.74, 6) is 0.877. The standard InChI is InChI=1S/C12H20N2OS/c13-12(16)10-6-3-7-14(10)11(15)8-9-4-1-2-5-9/h9-10H,1-8H2,(H2,13,16). The first-order valence-electron chi connectivity index (χ1n) is 6.27. The van der Waals surface area contributed by atoms with E-state index >= 15 is 0 Å². The van der Waals surface area contributed by atoms with Crippen LogP contribution in [0, 0.1) is 5.92 Å². The van der Waals surface area contributed by atoms with Gasteiger partial charge in [0.2, 0.25) is 5.91 Å². The molecule has 2 N–H and O–H groups in total. The van der Waals surface area contributed by atoms with Gasteiger partial charge < -0.3 is 10.6 Å². The highest BCUT2D eigenvalue weighted by Gasteiger charge is 2.31. The van der Waals surface area contributed by atoms with E-state index in [0.717, 1.165) is 19.4 Å². The van der Waals surface area contributed by atoms with Crippen molar-refractivity contribution in [3.05, 3.63) is 0 Å². The van der Waals surface area contributed by atoms with E-state index in [9.17, 15) is 4.79 Å². The zero-order valence-electron chi connectivity index (χ0n) is 9.65. The third-order valence-corrected chi connectivity index (χ3v) is 4.11. The van der Waals surface area contributed by atoms with Crippen LogP contribution in [0.3, 0.4) is 0 Å². The number of amides is 1. The lowest BCUT2D eigenvalue weighted by molar-refractivity contribution is -0.131. The summed E-state index contributed by atoms with van der Waals surface area (Å²) in [6, 6.07) is 0.0314. The number of nitrogens with zero attached hydrogens (tertiary/aromatic N) is 1. The van der Waals surface area contributed by atoms with Gasteiger partial charge in [0, 0.05) is 13.0 Å². The molecule has 2 rings (SSSR count). The Morgan fingerprint density at radius 2 is 1.94 bits per heavy atom. The fraction of sp³-hybridized carbons (Fsp3) is 0.833. The summed E-state index contributed by atoms with van der Waals surface area (Å²) in [4.78, 5) is 14.5. The maximum Gasteiger partial charge on any atom is 0.223 e. The van der Waals surface area contributed by atoms with Gasteiger partial charge >= 0.3 is 0 Å². The molecule has 1 heterocycles. The van der Waals surface area contributed by atoms with Crippen molar-refractivity contribution >= 4 is 23.1 Å². The third-order valence-electron chi connectivity index (χ3n) is 3.84. The van der Waals surface area contributed by atoms with Gasteiger partial charge in [0.05, 0.1) is 11.0 Å². The van der Waals surface area contributed by atoms with Crippen molar-refractivity contribution in [3.63, 3.8) is 0 Å². The molecule has 1 amide bonds. The second-order valence-corrected chi connectivity index (χ2v) is 5.47. The summed E-state index contributed by atoms with van der Waals surface area (Å²) < 4.78 is 0. The van der Waals surface area contributed by atoms with E-state index in [-0.39, 0.29) is 11.9 Å². The molecule has 1 aliphatic carbocycles. The van der Waals surface area contributed by atoms with Crippen LogP contribution in [0.15, 0.2) is 0 Å². The average molecular weight is 240 g/mol. The Labute approximate surface area is 102 Å². The Hall–Kier alpha value is -0.640. The highest BCUT2D eigenvalue weighted by Crippen LogP contribution is 2.29. The number of likely N-dealkylation sites (tertiary alicyclic amines) is 1. The summed E-state index contributed by atoms with van der Waals surface area (Å²) in [7, 11) is 0. The number of hydrogen-bond donors (Lipinski definition) is 1. The maximum atomic E-state index is 12.1. The largest absolute Gasteiger partial charge is 0.392 e. The monoisotopic (exact) mass is 240 g/mol. The molecule has 90 valence electrons. The smallest absolute Gasteiger partial charge is 0.223 e. The summed E-state index contributed by atoms with van der Waals surface area (Å²) in [6.07, 6.45) is 7.71. The van der Waals surface area contributed by atoms with Crippen LogP contribution >= 0.6 is 12.2 Å². The Bertz CT molecular complexity index is 287. The predicted molar refractivity (Wildman–Crippen MR) is 68.1 cm³/mol. The van der Waals surface area contributed by atoms with E-state index in [4.69, 9.17) is 18.0 Å². The fourth-order valence-corrected chi connectivity index (χ4v) is 3.18. The molecule has 0 aromatic rings. The zero-order valence-corrected chi connectivity index (χ0v) is 10.5. The average Bonchev–Trinajstić information content (AvgIpc) is 2.86. The Morgan fingerprint density at radius 3 is 2.56 bits per heavy atom. The minimum Gasteiger partial charge on any atom is -0.392 e. The molecule has 0 spiro atoms. The van der Waals surface area contributed by atoms with E-state index in [2.05, 4.69) is 0 Å². The van der Waals surface area contributed by atoms with Crippen molar-refractivity contribution in [2.75, 3.05) is 6.54 Å². The molecule has 2 aliphatic rings. The van der Waals surface area contributed by atoms with E-state index in [0.29, 0.717) is 17.3 Å². The molecule has 1 saturated carbocycles. The summed E-state index contributed by atoms with van der Waals surface area (Å²) in [5.41, 5.74) is 5.67. The van der Waals surface area contributed by atoms with Crippen LogP contribution in [-0.2, 0) is 4.79 Å². The molecule has 0 bridgehead atoms. The molecule has 1 atom stereocenters. The van der Waals surface area contributed by atoms with Crippen LogP contribution < -0.4 is 5.73 Å². The molecule has 4 heteroatoms. The van der Waals surface area contributed by atoms with Gasteiger partial charge in [-0.15, -0.1) is 0 Å². The van der Waals surface area contributed by atoms with E-state index in [1.165, 1.54) is 25.7 Å². The van der Waals surface area contributed by atoms with E-state index in [1.54, 1.807) is 0 Å². The first kappa shape index (κ1) is 11.8. The normalized spacial score (nSPS) is 26.2. The Kier molecular flexibility index (Phi) is 3.79. The minimum absolute atomic E-state index is 0.0314. The second kappa shape index (κ2) is 5.13. The number of carbonyl (C=O) groups is 1. The highest BCUT2D eigenvalue weighted by atomic mass is 32.1. The first-order valence-corrected chi connectivity index (χ1v) is 6.68. The number of carbonyl (C=O) groups excluding carboxylic acids is 1. The van der Waals surface area contributed by atoms with Crippen LogP contribution in [0.1, 0.15) is 44.9 Å². The van der Waals surface area contributed by atoms with Crippen LogP contribution in [0.2, 0.25) is 0 Å². The van der Waals surface area contributed by atoms with Gasteiger partial charge in [0.25, 0.3) is 0 Å². The Morgan fingerprint density at radius 1 is 1.25 bits per heavy atom. The molecule has 0 aromatic carbocycles. The summed E-state index contributed by atoms with van der Waals surface area (Å²) in [6.45, 7) is 0.841. The molecule has 2 fully saturated rings. The summed E-state index contributed by atoms with van der Waals surface area (Å²) >= 11 is 5.02. The minimum atomic E-state index is 0.0314. The van der Waals surface area contributed by atoms with E-state index in [1.807, 2.05) is 4.90 Å². The molecule has 1 saturated heterocycles. The lowest BCUT2D eigenvalue weighted by Crippen LogP contribution is -2.43. The molecular weight excluding hydrogens is 220 g/mol. The highest BCUT2D eigenvalue weighted by molar-refractivity contribution is 7.80. The summed E-state index contributed by atoms with van der Waals surface area (Å²) in [5, 5.41) is 0. The molecule has 16 heavy (non-hydrogen) atoms. The number of nitrogens with two attached hydrogens (primary N) is 1. The third kappa shape index (κ3) is 2.54. The van der Waals surface area contributed by atoms with Gasteiger partial charge in [0.1, 0.15) is 0 Å². The number of hydrogen-bond acceptors (Lipinski definition) is 2. The van der Waals surface area contributed by atoms with Crippen LogP contribution in [-0.4, -0.2) is 28.4 Å². The number of thiocarbonyl (C=S) groups is 1. The quantitative estimate of drug-likeness (QED) is 0.766. The van der Waals surface area contributed by atoms with Crippen molar-refractivity contribution in [1.29, 1.82) is 0 Å². The van der Waals surface area contributed by atoms with Gasteiger partial charge in [-0.05, 0) is 31.6 Å². The van der Waals surface area contributed by atoms with Crippen molar-refractivity contribution in [2.24, 2.45) is 11.7 Å². The van der Waals surface area contributed by atoms with Crippen LogP contribution in [0.4, 0.5) is 0 Å². The zero-order chi connectivity index (χ0) is 11.5. The first-order chi connectivity index (χ1) is 7.68. The Balaban J connectivity index is 1.90. The fourth-order valence-electron chi connectivity index (χ4n) is 2.94. The molecule has 1 aliphatic heterocycles. The lowest BCUT2D eigenvalue weighted by Gasteiger charge is -2.25.